The molecule has 0 unspecified atom stereocenters. The summed E-state index contributed by atoms with van der Waals surface area (Å²) in [5.41, 5.74) is 0. The van der Waals surface area contributed by atoms with Crippen LogP contribution in [0.5, 0.6) is 0 Å². The maximum Gasteiger partial charge on any atom is 0.226 e. The third-order valence-corrected chi connectivity index (χ3v) is 2.55. The van der Waals surface area contributed by atoms with Gasteiger partial charge in [0.1, 0.15) is 0 Å². The molecule has 0 spiro atoms. The minimum Gasteiger partial charge on any atom is -0.337 e. The summed E-state index contributed by atoms with van der Waals surface area (Å²) >= 11 is 0. The molecule has 3 heteroatoms. The molecule has 0 rings (SSSR count). The van der Waals surface area contributed by atoms with Gasteiger partial charge in [-0.25, -0.2) is 0 Å². The van der Waals surface area contributed by atoms with Crippen molar-refractivity contribution < 1.29 is 9.47 Å². The van der Waals surface area contributed by atoms with Gasteiger partial charge in [-0.1, -0.05) is 26.7 Å². The maximum absolute atomic E-state index is 5.78. The summed E-state index contributed by atoms with van der Waals surface area (Å²) < 4.78 is 11.6. The van der Waals surface area contributed by atoms with Gasteiger partial charge < -0.3 is 9.47 Å². The molecule has 92 valence electrons. The van der Waals surface area contributed by atoms with E-state index in [1.807, 2.05) is 25.9 Å². The molecule has 0 saturated carbocycles. The van der Waals surface area contributed by atoms with E-state index >= 15 is 0 Å². The van der Waals surface area contributed by atoms with E-state index in [-0.39, 0.29) is 0 Å². The highest BCUT2D eigenvalue weighted by Gasteiger charge is 2.28. The highest BCUT2D eigenvalue weighted by molar-refractivity contribution is 4.59. The van der Waals surface area contributed by atoms with Crippen LogP contribution in [0.15, 0.2) is 0 Å². The van der Waals surface area contributed by atoms with Crippen molar-refractivity contribution in [3.63, 3.8) is 0 Å². The summed E-state index contributed by atoms with van der Waals surface area (Å²) in [6.45, 7) is 7.83. The molecule has 0 aromatic carbocycles. The number of hydrogen-bond donors (Lipinski definition) is 0. The molecule has 3 nitrogen and oxygen atoms in total. The lowest BCUT2D eigenvalue weighted by molar-refractivity contribution is -0.296. The van der Waals surface area contributed by atoms with E-state index in [4.69, 9.17) is 9.47 Å². The van der Waals surface area contributed by atoms with Gasteiger partial charge >= 0.3 is 0 Å². The first-order chi connectivity index (χ1) is 7.06. The van der Waals surface area contributed by atoms with E-state index in [1.165, 1.54) is 0 Å². The van der Waals surface area contributed by atoms with Crippen molar-refractivity contribution in [2.45, 2.75) is 52.4 Å². The van der Waals surface area contributed by atoms with Gasteiger partial charge in [-0.3, -0.25) is 4.90 Å². The van der Waals surface area contributed by atoms with Gasteiger partial charge in [-0.2, -0.15) is 0 Å². The molecule has 0 radical (unpaired) electrons. The van der Waals surface area contributed by atoms with Crippen LogP contribution in [0.4, 0.5) is 0 Å². The summed E-state index contributed by atoms with van der Waals surface area (Å²) in [5.74, 6) is -0.565. The quantitative estimate of drug-likeness (QED) is 0.438. The van der Waals surface area contributed by atoms with Gasteiger partial charge in [0.05, 0.1) is 13.2 Å². The van der Waals surface area contributed by atoms with Crippen molar-refractivity contribution in [2.24, 2.45) is 0 Å². The maximum atomic E-state index is 5.78. The number of nitrogens with zero attached hydrogens (tertiary/aromatic N) is 1. The van der Waals surface area contributed by atoms with Gasteiger partial charge in [0.25, 0.3) is 0 Å². The average Bonchev–Trinajstić information content (AvgIpc) is 2.18. The zero-order valence-electron chi connectivity index (χ0n) is 11.0. The van der Waals surface area contributed by atoms with Crippen LogP contribution in [-0.4, -0.2) is 38.1 Å². The molecule has 0 N–H and O–H groups in total. The second-order valence-electron chi connectivity index (χ2n) is 4.20. The molecule has 15 heavy (non-hydrogen) atoms. The van der Waals surface area contributed by atoms with E-state index in [0.717, 1.165) is 38.9 Å². The monoisotopic (exact) mass is 217 g/mol. The van der Waals surface area contributed by atoms with Crippen molar-refractivity contribution in [2.75, 3.05) is 27.3 Å². The molecule has 0 aliphatic heterocycles. The summed E-state index contributed by atoms with van der Waals surface area (Å²) in [6.07, 6.45) is 4.47. The van der Waals surface area contributed by atoms with Gasteiger partial charge in [0.2, 0.25) is 5.91 Å². The molecule has 0 aliphatic rings. The summed E-state index contributed by atoms with van der Waals surface area (Å²) in [4.78, 5) is 1.98. The molecule has 0 fully saturated rings. The van der Waals surface area contributed by atoms with Crippen LogP contribution in [0.2, 0.25) is 0 Å². The minimum atomic E-state index is -0.565. The van der Waals surface area contributed by atoms with Crippen molar-refractivity contribution in [1.29, 1.82) is 0 Å². The molecule has 0 aromatic rings. The molecule has 0 aliphatic carbocycles. The predicted octanol–water partition coefficient (Wildman–Crippen LogP) is 2.86. The Morgan fingerprint density at radius 1 is 0.933 bits per heavy atom. The molecule has 0 saturated heterocycles. The highest BCUT2D eigenvalue weighted by Crippen LogP contribution is 2.16. The van der Waals surface area contributed by atoms with Crippen molar-refractivity contribution in [3.8, 4) is 0 Å². The third-order valence-electron chi connectivity index (χ3n) is 2.55. The Morgan fingerprint density at radius 3 is 1.60 bits per heavy atom. The fraction of sp³-hybridized carbons (Fsp3) is 1.00. The van der Waals surface area contributed by atoms with Crippen LogP contribution in [0.1, 0.15) is 46.5 Å². The lowest BCUT2D eigenvalue weighted by Crippen LogP contribution is -2.46. The minimum absolute atomic E-state index is 0.565. The predicted molar refractivity (Wildman–Crippen MR) is 63.8 cm³/mol. The molecule has 0 aromatic heterocycles. The van der Waals surface area contributed by atoms with Crippen molar-refractivity contribution >= 4 is 0 Å². The Kier molecular flexibility index (Phi) is 8.02. The van der Waals surface area contributed by atoms with Gasteiger partial charge in [-0.05, 0) is 26.9 Å². The number of hydrogen-bond acceptors (Lipinski definition) is 3. The van der Waals surface area contributed by atoms with Gasteiger partial charge in [0, 0.05) is 6.92 Å². The SMILES string of the molecule is CCCCOC(C)(OCCCC)N(C)C. The molecule has 0 atom stereocenters. The average molecular weight is 217 g/mol. The Labute approximate surface area is 94.7 Å². The second kappa shape index (κ2) is 8.08. The van der Waals surface area contributed by atoms with Crippen LogP contribution in [0.3, 0.4) is 0 Å². The van der Waals surface area contributed by atoms with Crippen LogP contribution in [-0.2, 0) is 9.47 Å². The standard InChI is InChI=1S/C12H27NO2/c1-6-8-10-14-12(3,13(4)5)15-11-9-7-2/h6-11H2,1-5H3. The number of unbranched alkanes of at least 4 members (excludes halogenated alkanes) is 2. The number of ether oxygens (including phenoxy) is 2. The van der Waals surface area contributed by atoms with Crippen LogP contribution in [0.25, 0.3) is 0 Å². The van der Waals surface area contributed by atoms with E-state index in [2.05, 4.69) is 13.8 Å². The lowest BCUT2D eigenvalue weighted by atomic mass is 10.3. The fourth-order valence-corrected chi connectivity index (χ4v) is 1.11. The van der Waals surface area contributed by atoms with E-state index < -0.39 is 5.91 Å². The number of rotatable bonds is 9. The Hall–Kier alpha value is -0.120. The molecule has 0 heterocycles. The van der Waals surface area contributed by atoms with Crippen LogP contribution < -0.4 is 0 Å². The first-order valence-corrected chi connectivity index (χ1v) is 6.02. The zero-order valence-corrected chi connectivity index (χ0v) is 11.0. The van der Waals surface area contributed by atoms with Gasteiger partial charge in [0.15, 0.2) is 0 Å². The lowest BCUT2D eigenvalue weighted by Gasteiger charge is -2.35. The summed E-state index contributed by atoms with van der Waals surface area (Å²) in [5, 5.41) is 0. The van der Waals surface area contributed by atoms with Crippen molar-refractivity contribution in [1.82, 2.24) is 4.90 Å². The third kappa shape index (κ3) is 6.13. The molecular formula is C12H27NO2. The Bertz CT molecular complexity index is 139. The topological polar surface area (TPSA) is 21.7 Å². The largest absolute Gasteiger partial charge is 0.337 e. The summed E-state index contributed by atoms with van der Waals surface area (Å²) in [7, 11) is 3.97. The Balaban J connectivity index is 3.95. The first kappa shape index (κ1) is 14.9. The Morgan fingerprint density at radius 2 is 1.33 bits per heavy atom. The van der Waals surface area contributed by atoms with Crippen LogP contribution >= 0.6 is 0 Å². The second-order valence-corrected chi connectivity index (χ2v) is 4.20. The smallest absolute Gasteiger partial charge is 0.226 e. The van der Waals surface area contributed by atoms with Gasteiger partial charge in [-0.15, -0.1) is 0 Å². The first-order valence-electron chi connectivity index (χ1n) is 6.02. The molecule has 0 amide bonds. The molecule has 0 bridgehead atoms. The van der Waals surface area contributed by atoms with Crippen molar-refractivity contribution in [3.05, 3.63) is 0 Å². The molecular weight excluding hydrogens is 190 g/mol. The summed E-state index contributed by atoms with van der Waals surface area (Å²) in [6, 6.07) is 0. The normalized spacial score (nSPS) is 12.4. The highest BCUT2D eigenvalue weighted by atomic mass is 16.7. The van der Waals surface area contributed by atoms with E-state index in [9.17, 15) is 0 Å². The fourth-order valence-electron chi connectivity index (χ4n) is 1.11. The van der Waals surface area contributed by atoms with E-state index in [0.29, 0.717) is 0 Å². The zero-order chi connectivity index (χ0) is 11.7. The van der Waals surface area contributed by atoms with E-state index in [1.54, 1.807) is 0 Å². The van der Waals surface area contributed by atoms with Crippen LogP contribution in [0, 0.1) is 0 Å².